The Labute approximate surface area is 129 Å². The Hall–Kier alpha value is -2.56. The summed E-state index contributed by atoms with van der Waals surface area (Å²) in [4.78, 5) is 19.8. The van der Waals surface area contributed by atoms with Gasteiger partial charge in [-0.05, 0) is 18.9 Å². The van der Waals surface area contributed by atoms with Crippen LogP contribution in [0.2, 0.25) is 0 Å². The Kier molecular flexibility index (Phi) is 3.96. The molecule has 0 aliphatic rings. The van der Waals surface area contributed by atoms with Crippen molar-refractivity contribution < 1.29 is 4.79 Å². The van der Waals surface area contributed by atoms with Gasteiger partial charge in [-0.2, -0.15) is 0 Å². The monoisotopic (exact) mass is 296 g/mol. The summed E-state index contributed by atoms with van der Waals surface area (Å²) < 4.78 is 2.02. The smallest absolute Gasteiger partial charge is 0.253 e. The Bertz CT molecular complexity index is 773. The van der Waals surface area contributed by atoms with Gasteiger partial charge in [0.25, 0.3) is 5.91 Å². The number of aromatic amines is 1. The van der Waals surface area contributed by atoms with Crippen molar-refractivity contribution in [3.8, 4) is 0 Å². The summed E-state index contributed by atoms with van der Waals surface area (Å²) >= 11 is 0. The first kappa shape index (κ1) is 14.4. The topological polar surface area (TPSA) is 62.7 Å². The molecular formula is C17H20N4O. The second kappa shape index (κ2) is 6.05. The largest absolute Gasteiger partial charge is 0.358 e. The molecule has 3 rings (SSSR count). The number of aryl methyl sites for hydroxylation is 1. The number of nitrogens with one attached hydrogen (secondary N) is 2. The van der Waals surface area contributed by atoms with E-state index >= 15 is 0 Å². The Morgan fingerprint density at radius 2 is 2.23 bits per heavy atom. The van der Waals surface area contributed by atoms with Crippen molar-refractivity contribution in [2.24, 2.45) is 5.92 Å². The van der Waals surface area contributed by atoms with Crippen molar-refractivity contribution in [2.75, 3.05) is 6.54 Å². The molecule has 22 heavy (non-hydrogen) atoms. The van der Waals surface area contributed by atoms with E-state index in [1.54, 1.807) is 12.5 Å². The molecule has 1 amide bonds. The van der Waals surface area contributed by atoms with Crippen molar-refractivity contribution in [3.05, 3.63) is 54.2 Å². The van der Waals surface area contributed by atoms with Crippen LogP contribution in [-0.4, -0.2) is 27.0 Å². The second-order valence-electron chi connectivity index (χ2n) is 5.75. The van der Waals surface area contributed by atoms with Gasteiger partial charge in [-0.25, -0.2) is 4.98 Å². The van der Waals surface area contributed by atoms with Gasteiger partial charge in [0.2, 0.25) is 0 Å². The number of rotatable bonds is 5. The Morgan fingerprint density at radius 1 is 1.41 bits per heavy atom. The highest BCUT2D eigenvalue weighted by atomic mass is 16.1. The van der Waals surface area contributed by atoms with Gasteiger partial charge in [0, 0.05) is 42.1 Å². The van der Waals surface area contributed by atoms with Crippen LogP contribution < -0.4 is 5.32 Å². The third kappa shape index (κ3) is 2.88. The van der Waals surface area contributed by atoms with Gasteiger partial charge in [0.05, 0.1) is 11.9 Å². The lowest BCUT2D eigenvalue weighted by Crippen LogP contribution is -2.30. The van der Waals surface area contributed by atoms with E-state index in [1.807, 2.05) is 42.0 Å². The third-order valence-electron chi connectivity index (χ3n) is 3.81. The number of hydrogen-bond acceptors (Lipinski definition) is 2. The average molecular weight is 296 g/mol. The average Bonchev–Trinajstić information content (AvgIpc) is 3.11. The number of imidazole rings is 1. The summed E-state index contributed by atoms with van der Waals surface area (Å²) in [6.07, 6.45) is 5.49. The lowest BCUT2D eigenvalue weighted by Gasteiger charge is -2.13. The molecule has 0 aliphatic heterocycles. The number of aromatic nitrogens is 3. The van der Waals surface area contributed by atoms with E-state index in [2.05, 4.69) is 22.2 Å². The van der Waals surface area contributed by atoms with E-state index < -0.39 is 0 Å². The van der Waals surface area contributed by atoms with Gasteiger partial charge in [-0.1, -0.05) is 25.1 Å². The summed E-state index contributed by atoms with van der Waals surface area (Å²) in [5.41, 5.74) is 2.64. The van der Waals surface area contributed by atoms with Crippen LogP contribution in [0.15, 0.2) is 43.0 Å². The molecule has 114 valence electrons. The zero-order valence-corrected chi connectivity index (χ0v) is 12.8. The summed E-state index contributed by atoms with van der Waals surface area (Å²) in [5.74, 6) is 0.316. The first-order chi connectivity index (χ1) is 10.6. The van der Waals surface area contributed by atoms with Crippen molar-refractivity contribution >= 4 is 16.8 Å². The number of benzene rings is 1. The van der Waals surface area contributed by atoms with Gasteiger partial charge in [-0.15, -0.1) is 0 Å². The molecule has 0 bridgehead atoms. The minimum atomic E-state index is -0.0209. The molecule has 0 spiro atoms. The minimum absolute atomic E-state index is 0.0209. The van der Waals surface area contributed by atoms with Crippen LogP contribution in [-0.2, 0) is 6.54 Å². The van der Waals surface area contributed by atoms with E-state index in [4.69, 9.17) is 0 Å². The molecule has 0 radical (unpaired) electrons. The molecule has 0 aliphatic carbocycles. The second-order valence-corrected chi connectivity index (χ2v) is 5.75. The van der Waals surface area contributed by atoms with E-state index in [0.717, 1.165) is 28.7 Å². The normalized spacial score (nSPS) is 12.5. The van der Waals surface area contributed by atoms with E-state index in [0.29, 0.717) is 12.5 Å². The van der Waals surface area contributed by atoms with E-state index in [9.17, 15) is 4.79 Å². The van der Waals surface area contributed by atoms with Crippen molar-refractivity contribution in [1.29, 1.82) is 0 Å². The molecule has 0 fully saturated rings. The first-order valence-corrected chi connectivity index (χ1v) is 7.46. The first-order valence-electron chi connectivity index (χ1n) is 7.46. The molecular weight excluding hydrogens is 276 g/mol. The van der Waals surface area contributed by atoms with Crippen molar-refractivity contribution in [3.63, 3.8) is 0 Å². The predicted molar refractivity (Wildman–Crippen MR) is 86.8 cm³/mol. The summed E-state index contributed by atoms with van der Waals surface area (Å²) in [6.45, 7) is 5.52. The molecule has 1 atom stereocenters. The quantitative estimate of drug-likeness (QED) is 0.760. The maximum absolute atomic E-state index is 12.5. The molecule has 2 heterocycles. The number of nitrogens with zero attached hydrogens (tertiary/aromatic N) is 2. The Morgan fingerprint density at radius 3 is 3.00 bits per heavy atom. The molecule has 2 N–H and O–H groups in total. The van der Waals surface area contributed by atoms with Gasteiger partial charge >= 0.3 is 0 Å². The van der Waals surface area contributed by atoms with Crippen LogP contribution in [0.1, 0.15) is 23.0 Å². The minimum Gasteiger partial charge on any atom is -0.358 e. The van der Waals surface area contributed by atoms with Crippen LogP contribution in [0.25, 0.3) is 10.9 Å². The van der Waals surface area contributed by atoms with E-state index in [-0.39, 0.29) is 5.91 Å². The SMILES string of the molecule is Cc1[nH]c2ccccc2c1C(=O)NC[C@H](C)Cn1ccnc1. The highest BCUT2D eigenvalue weighted by Crippen LogP contribution is 2.21. The Balaban J connectivity index is 1.67. The molecule has 1 aromatic carbocycles. The molecule has 0 unspecified atom stereocenters. The molecule has 5 nitrogen and oxygen atoms in total. The van der Waals surface area contributed by atoms with E-state index in [1.165, 1.54) is 0 Å². The maximum Gasteiger partial charge on any atom is 0.253 e. The molecule has 5 heteroatoms. The molecule has 0 saturated carbocycles. The van der Waals surface area contributed by atoms with Crippen molar-refractivity contribution in [1.82, 2.24) is 19.9 Å². The highest BCUT2D eigenvalue weighted by molar-refractivity contribution is 6.08. The lowest BCUT2D eigenvalue weighted by atomic mass is 10.1. The lowest BCUT2D eigenvalue weighted by molar-refractivity contribution is 0.0948. The fraction of sp³-hybridized carbons (Fsp3) is 0.294. The number of H-pyrrole nitrogens is 1. The van der Waals surface area contributed by atoms with Gasteiger partial charge in [0.15, 0.2) is 0 Å². The number of carbonyl (C=O) groups excluding carboxylic acids is 1. The van der Waals surface area contributed by atoms with Gasteiger partial charge in [0.1, 0.15) is 0 Å². The van der Waals surface area contributed by atoms with Crippen LogP contribution >= 0.6 is 0 Å². The zero-order valence-electron chi connectivity index (χ0n) is 12.8. The number of para-hydroxylation sites is 1. The number of amides is 1. The van der Waals surface area contributed by atoms with Gasteiger partial charge < -0.3 is 14.9 Å². The number of carbonyl (C=O) groups is 1. The summed E-state index contributed by atoms with van der Waals surface area (Å²) in [5, 5.41) is 4.01. The van der Waals surface area contributed by atoms with Crippen LogP contribution in [0.3, 0.4) is 0 Å². The summed E-state index contributed by atoms with van der Waals surface area (Å²) in [7, 11) is 0. The fourth-order valence-electron chi connectivity index (χ4n) is 2.74. The number of fused-ring (bicyclic) bond motifs is 1. The maximum atomic E-state index is 12.5. The highest BCUT2D eigenvalue weighted by Gasteiger charge is 2.16. The van der Waals surface area contributed by atoms with Crippen LogP contribution in [0.5, 0.6) is 0 Å². The number of hydrogen-bond donors (Lipinski definition) is 2. The molecule has 2 aromatic heterocycles. The van der Waals surface area contributed by atoms with Crippen LogP contribution in [0, 0.1) is 12.8 Å². The zero-order chi connectivity index (χ0) is 15.5. The third-order valence-corrected chi connectivity index (χ3v) is 3.81. The van der Waals surface area contributed by atoms with Crippen LogP contribution in [0.4, 0.5) is 0 Å². The van der Waals surface area contributed by atoms with Gasteiger partial charge in [-0.3, -0.25) is 4.79 Å². The molecule has 3 aromatic rings. The predicted octanol–water partition coefficient (Wildman–Crippen LogP) is 2.74. The standard InChI is InChI=1S/C17H20N4O/c1-12(10-21-8-7-18-11-21)9-19-17(22)16-13(2)20-15-6-4-3-5-14(15)16/h3-8,11-12,20H,9-10H2,1-2H3,(H,19,22)/t12-/m0/s1. The summed E-state index contributed by atoms with van der Waals surface area (Å²) in [6, 6.07) is 7.88. The fourth-order valence-corrected chi connectivity index (χ4v) is 2.74. The van der Waals surface area contributed by atoms with Crippen molar-refractivity contribution in [2.45, 2.75) is 20.4 Å². The molecule has 0 saturated heterocycles.